The molecule has 23 heavy (non-hydrogen) atoms. The molecule has 0 spiro atoms. The lowest BCUT2D eigenvalue weighted by molar-refractivity contribution is -0.106. The van der Waals surface area contributed by atoms with Gasteiger partial charge in [-0.2, -0.15) is 0 Å². The molecule has 2 fully saturated rings. The van der Waals surface area contributed by atoms with Gasteiger partial charge in [-0.1, -0.05) is 24.3 Å². The molecule has 0 radical (unpaired) electrons. The van der Waals surface area contributed by atoms with Crippen molar-refractivity contribution in [3.63, 3.8) is 0 Å². The summed E-state index contributed by atoms with van der Waals surface area (Å²) in [6.45, 7) is 1.44. The van der Waals surface area contributed by atoms with Crippen LogP contribution in [0.2, 0.25) is 0 Å². The van der Waals surface area contributed by atoms with Crippen LogP contribution in [0.5, 0.6) is 0 Å². The Morgan fingerprint density at radius 1 is 1.17 bits per heavy atom. The Hall–Kier alpha value is -1.27. The highest BCUT2D eigenvalue weighted by Gasteiger charge is 2.40. The summed E-state index contributed by atoms with van der Waals surface area (Å²) < 4.78 is 16.3. The Bertz CT molecular complexity index is 544. The lowest BCUT2D eigenvalue weighted by atomic mass is 9.80. The van der Waals surface area contributed by atoms with Gasteiger partial charge in [0, 0.05) is 43.3 Å². The number of nitrogens with zero attached hydrogens (tertiary/aromatic N) is 1. The molecule has 3 rings (SSSR count). The van der Waals surface area contributed by atoms with E-state index in [2.05, 4.69) is 11.9 Å². The Labute approximate surface area is 137 Å². The van der Waals surface area contributed by atoms with Gasteiger partial charge in [0.2, 0.25) is 0 Å². The zero-order valence-electron chi connectivity index (χ0n) is 14.0. The molecule has 2 heterocycles. The summed E-state index contributed by atoms with van der Waals surface area (Å²) in [6.07, 6.45) is 1.19. The molecule has 0 aromatic heterocycles. The molecule has 0 N–H and O–H groups in total. The Morgan fingerprint density at radius 2 is 1.78 bits per heavy atom. The molecule has 1 aromatic rings. The molecule has 1 aromatic carbocycles. The maximum Gasteiger partial charge on any atom is 0.183 e. The van der Waals surface area contributed by atoms with E-state index in [1.165, 1.54) is 0 Å². The third kappa shape index (κ3) is 3.19. The fourth-order valence-corrected chi connectivity index (χ4v) is 3.81. The minimum Gasteiger partial charge on any atom is -0.378 e. The van der Waals surface area contributed by atoms with Crippen molar-refractivity contribution in [2.24, 2.45) is 5.92 Å². The quantitative estimate of drug-likeness (QED) is 0.615. The lowest BCUT2D eigenvalue weighted by Gasteiger charge is -2.46. The van der Waals surface area contributed by atoms with E-state index in [1.54, 1.807) is 14.2 Å². The molecule has 2 saturated heterocycles. The third-order valence-corrected chi connectivity index (χ3v) is 5.16. The zero-order chi connectivity index (χ0) is 16.4. The summed E-state index contributed by atoms with van der Waals surface area (Å²) in [4.78, 5) is 15.5. The van der Waals surface area contributed by atoms with Crippen LogP contribution in [0.4, 0.5) is 0 Å². The van der Waals surface area contributed by atoms with Crippen molar-refractivity contribution in [3.8, 4) is 0 Å². The van der Waals surface area contributed by atoms with E-state index in [0.717, 1.165) is 37.2 Å². The van der Waals surface area contributed by atoms with Gasteiger partial charge in [-0.25, -0.2) is 0 Å². The minimum atomic E-state index is -0.510. The second-order valence-electron chi connectivity index (χ2n) is 6.43. The summed E-state index contributed by atoms with van der Waals surface area (Å²) in [5, 5.41) is 0. The standard InChI is InChI=1S/C18H25NO4/c1-19-13-8-12(9-14(19)11-23-10-13)17(20)15-6-4-5-7-16(15)18(21-2)22-3/h4-7,12-14,18H,8-11H2,1-3H3. The number of methoxy groups -OCH3 is 2. The SMILES string of the molecule is COC(OC)c1ccccc1C(=O)C1CC2COCC(C1)N2C. The number of ether oxygens (including phenoxy) is 3. The summed E-state index contributed by atoms with van der Waals surface area (Å²) >= 11 is 0. The third-order valence-electron chi connectivity index (χ3n) is 5.16. The number of carbonyl (C=O) groups is 1. The Balaban J connectivity index is 1.84. The maximum absolute atomic E-state index is 13.1. The number of carbonyl (C=O) groups excluding carboxylic acids is 1. The first-order valence-corrected chi connectivity index (χ1v) is 8.14. The predicted molar refractivity (Wildman–Crippen MR) is 86.4 cm³/mol. The van der Waals surface area contributed by atoms with Crippen LogP contribution in [-0.2, 0) is 14.2 Å². The number of morpholine rings is 1. The fraction of sp³-hybridized carbons (Fsp3) is 0.611. The van der Waals surface area contributed by atoms with Crippen molar-refractivity contribution in [1.29, 1.82) is 0 Å². The van der Waals surface area contributed by atoms with Crippen LogP contribution >= 0.6 is 0 Å². The molecule has 2 atom stereocenters. The van der Waals surface area contributed by atoms with Crippen LogP contribution < -0.4 is 0 Å². The smallest absolute Gasteiger partial charge is 0.183 e. The van der Waals surface area contributed by atoms with E-state index in [1.807, 2.05) is 24.3 Å². The number of fused-ring (bicyclic) bond motifs is 2. The molecule has 5 heteroatoms. The van der Waals surface area contributed by atoms with Crippen LogP contribution in [-0.4, -0.2) is 57.2 Å². The normalized spacial score (nSPS) is 28.1. The molecule has 2 unspecified atom stereocenters. The molecule has 5 nitrogen and oxygen atoms in total. The first-order chi connectivity index (χ1) is 11.2. The largest absolute Gasteiger partial charge is 0.378 e. The monoisotopic (exact) mass is 319 g/mol. The van der Waals surface area contributed by atoms with E-state index in [9.17, 15) is 4.79 Å². The second-order valence-corrected chi connectivity index (χ2v) is 6.43. The summed E-state index contributed by atoms with van der Waals surface area (Å²) in [6, 6.07) is 8.28. The number of likely N-dealkylation sites (N-methyl/N-ethyl adjacent to an activating group) is 1. The molecule has 2 aliphatic heterocycles. The fourth-order valence-electron chi connectivity index (χ4n) is 3.81. The van der Waals surface area contributed by atoms with Crippen molar-refractivity contribution < 1.29 is 19.0 Å². The summed E-state index contributed by atoms with van der Waals surface area (Å²) in [5.74, 6) is 0.241. The molecule has 126 valence electrons. The minimum absolute atomic E-state index is 0.0422. The topological polar surface area (TPSA) is 48.0 Å². The predicted octanol–water partition coefficient (Wildman–Crippen LogP) is 2.27. The van der Waals surface area contributed by atoms with Gasteiger partial charge in [0.05, 0.1) is 13.2 Å². The van der Waals surface area contributed by atoms with Crippen LogP contribution in [0.3, 0.4) is 0 Å². The molecule has 2 aliphatic rings. The Kier molecular flexibility index (Phi) is 5.11. The van der Waals surface area contributed by atoms with Crippen LogP contribution in [0.15, 0.2) is 24.3 Å². The van der Waals surface area contributed by atoms with Crippen molar-refractivity contribution >= 4 is 5.78 Å². The first-order valence-electron chi connectivity index (χ1n) is 8.14. The highest BCUT2D eigenvalue weighted by Crippen LogP contribution is 2.34. The lowest BCUT2D eigenvalue weighted by Crippen LogP contribution is -2.55. The molecule has 2 bridgehead atoms. The van der Waals surface area contributed by atoms with Crippen molar-refractivity contribution in [2.45, 2.75) is 31.2 Å². The Morgan fingerprint density at radius 3 is 2.39 bits per heavy atom. The van der Waals surface area contributed by atoms with Gasteiger partial charge in [-0.3, -0.25) is 9.69 Å². The number of Topliss-reactive ketones (excluding diaryl/α,β-unsaturated/α-hetero) is 1. The summed E-state index contributed by atoms with van der Waals surface area (Å²) in [7, 11) is 5.32. The van der Waals surface area contributed by atoms with Crippen molar-refractivity contribution in [1.82, 2.24) is 4.90 Å². The number of hydrogen-bond acceptors (Lipinski definition) is 5. The van der Waals surface area contributed by atoms with Gasteiger partial charge in [-0.05, 0) is 19.9 Å². The number of hydrogen-bond donors (Lipinski definition) is 0. The number of piperidine rings is 1. The van der Waals surface area contributed by atoms with Gasteiger partial charge in [0.1, 0.15) is 0 Å². The molecule has 0 aliphatic carbocycles. The van der Waals surface area contributed by atoms with Crippen LogP contribution in [0.25, 0.3) is 0 Å². The zero-order valence-corrected chi connectivity index (χ0v) is 14.0. The van der Waals surface area contributed by atoms with Gasteiger partial charge >= 0.3 is 0 Å². The average molecular weight is 319 g/mol. The van der Waals surface area contributed by atoms with Crippen molar-refractivity contribution in [2.75, 3.05) is 34.5 Å². The number of benzene rings is 1. The highest BCUT2D eigenvalue weighted by molar-refractivity contribution is 5.99. The van der Waals surface area contributed by atoms with Gasteiger partial charge in [-0.15, -0.1) is 0 Å². The average Bonchev–Trinajstić information content (AvgIpc) is 2.55. The molecular weight excluding hydrogens is 294 g/mol. The first kappa shape index (κ1) is 16.6. The van der Waals surface area contributed by atoms with E-state index < -0.39 is 6.29 Å². The van der Waals surface area contributed by atoms with E-state index in [0.29, 0.717) is 12.1 Å². The van der Waals surface area contributed by atoms with E-state index in [4.69, 9.17) is 14.2 Å². The van der Waals surface area contributed by atoms with Gasteiger partial charge in [0.25, 0.3) is 0 Å². The van der Waals surface area contributed by atoms with Gasteiger partial charge < -0.3 is 14.2 Å². The van der Waals surface area contributed by atoms with Crippen molar-refractivity contribution in [3.05, 3.63) is 35.4 Å². The second kappa shape index (κ2) is 7.09. The molecular formula is C18H25NO4. The number of rotatable bonds is 5. The summed E-state index contributed by atoms with van der Waals surface area (Å²) in [5.41, 5.74) is 1.53. The number of ketones is 1. The van der Waals surface area contributed by atoms with Crippen LogP contribution in [0.1, 0.15) is 35.1 Å². The highest BCUT2D eigenvalue weighted by atomic mass is 16.7. The maximum atomic E-state index is 13.1. The van der Waals surface area contributed by atoms with Gasteiger partial charge in [0.15, 0.2) is 12.1 Å². The molecule has 0 amide bonds. The van der Waals surface area contributed by atoms with E-state index >= 15 is 0 Å². The van der Waals surface area contributed by atoms with Crippen LogP contribution in [0, 0.1) is 5.92 Å². The molecule has 0 saturated carbocycles. The van der Waals surface area contributed by atoms with E-state index in [-0.39, 0.29) is 11.7 Å².